The topological polar surface area (TPSA) is 111 Å². The minimum absolute atomic E-state index is 0.0150. The van der Waals surface area contributed by atoms with Crippen LogP contribution in [0.2, 0.25) is 0 Å². The fourth-order valence-electron chi connectivity index (χ4n) is 2.89. The number of fused-ring (bicyclic) bond motifs is 1. The molecule has 23 heavy (non-hydrogen) atoms. The monoisotopic (exact) mass is 383 g/mol. The molecule has 3 N–H and O–H groups in total. The second-order valence-corrected chi connectivity index (χ2v) is 6.34. The highest BCUT2D eigenvalue weighted by molar-refractivity contribution is 9.10. The van der Waals surface area contributed by atoms with Crippen LogP contribution in [0.3, 0.4) is 0 Å². The number of nitro groups is 1. The molecule has 7 nitrogen and oxygen atoms in total. The maximum Gasteiger partial charge on any atom is 0.306 e. The summed E-state index contributed by atoms with van der Waals surface area (Å²) in [6.07, 6.45) is 0.542. The van der Waals surface area contributed by atoms with Crippen LogP contribution < -0.4 is 5.73 Å². The molecular weight excluding hydrogens is 366 g/mol. The lowest BCUT2D eigenvalue weighted by molar-refractivity contribution is -0.383. The zero-order chi connectivity index (χ0) is 17.3. The largest absolute Gasteiger partial charge is 0.481 e. The highest BCUT2D eigenvalue weighted by Crippen LogP contribution is 2.38. The van der Waals surface area contributed by atoms with E-state index in [0.717, 1.165) is 10.2 Å². The number of aliphatic carboxylic acids is 1. The van der Waals surface area contributed by atoms with Gasteiger partial charge in [0.15, 0.2) is 0 Å². The smallest absolute Gasteiger partial charge is 0.306 e. The molecule has 0 amide bonds. The number of aryl methyl sites for hydroxylation is 1. The summed E-state index contributed by atoms with van der Waals surface area (Å²) in [5, 5.41) is 21.2. The minimum Gasteiger partial charge on any atom is -0.481 e. The highest BCUT2D eigenvalue weighted by Gasteiger charge is 2.27. The number of hydrogen-bond donors (Lipinski definition) is 2. The summed E-state index contributed by atoms with van der Waals surface area (Å²) in [6.45, 7) is 2.10. The number of non-ortho nitro benzene ring substituents is 1. The van der Waals surface area contributed by atoms with Gasteiger partial charge in [-0.1, -0.05) is 0 Å². The van der Waals surface area contributed by atoms with Crippen LogP contribution >= 0.6 is 15.9 Å². The van der Waals surface area contributed by atoms with E-state index in [1.807, 2.05) is 18.5 Å². The second-order valence-electron chi connectivity index (χ2n) is 5.49. The molecule has 0 fully saturated rings. The zero-order valence-electron chi connectivity index (χ0n) is 12.9. The SMILES string of the molecule is Cc1c(CC(CCN)C(=O)O)c2c([N+](=O)[O-])ccc(Br)c2n1C. The van der Waals surface area contributed by atoms with Gasteiger partial charge in [-0.15, -0.1) is 0 Å². The quantitative estimate of drug-likeness (QED) is 0.588. The molecule has 0 aliphatic carbocycles. The van der Waals surface area contributed by atoms with E-state index in [2.05, 4.69) is 15.9 Å². The number of nitro benzene ring substituents is 1. The van der Waals surface area contributed by atoms with Crippen LogP contribution in [-0.4, -0.2) is 27.1 Å². The van der Waals surface area contributed by atoms with Crippen molar-refractivity contribution >= 4 is 38.5 Å². The number of carbonyl (C=O) groups is 1. The average Bonchev–Trinajstić information content (AvgIpc) is 2.72. The summed E-state index contributed by atoms with van der Waals surface area (Å²) in [5.41, 5.74) is 7.69. The Bertz CT molecular complexity index is 785. The third-order valence-electron chi connectivity index (χ3n) is 4.20. The van der Waals surface area contributed by atoms with Gasteiger partial charge in [0.05, 0.1) is 21.7 Å². The number of benzene rings is 1. The third kappa shape index (κ3) is 3.09. The number of hydrogen-bond acceptors (Lipinski definition) is 4. The van der Waals surface area contributed by atoms with E-state index >= 15 is 0 Å². The predicted octanol–water partition coefficient (Wildman–Crippen LogP) is 2.75. The number of carboxylic acids is 1. The molecule has 0 bridgehead atoms. The fraction of sp³-hybridized carbons (Fsp3) is 0.400. The number of carboxylic acid groups (broad SMARTS) is 1. The van der Waals surface area contributed by atoms with Crippen molar-refractivity contribution in [1.29, 1.82) is 0 Å². The summed E-state index contributed by atoms with van der Waals surface area (Å²) in [7, 11) is 1.81. The number of aromatic nitrogens is 1. The van der Waals surface area contributed by atoms with Crippen molar-refractivity contribution in [2.24, 2.45) is 18.7 Å². The van der Waals surface area contributed by atoms with E-state index in [1.54, 1.807) is 6.07 Å². The van der Waals surface area contributed by atoms with Crippen molar-refractivity contribution in [2.75, 3.05) is 6.54 Å². The van der Waals surface area contributed by atoms with Crippen molar-refractivity contribution in [3.05, 3.63) is 38.0 Å². The van der Waals surface area contributed by atoms with Gasteiger partial charge < -0.3 is 15.4 Å². The molecule has 1 unspecified atom stereocenters. The van der Waals surface area contributed by atoms with E-state index < -0.39 is 16.8 Å². The molecule has 2 rings (SSSR count). The Morgan fingerprint density at radius 2 is 2.17 bits per heavy atom. The molecule has 1 heterocycles. The zero-order valence-corrected chi connectivity index (χ0v) is 14.5. The first-order chi connectivity index (χ1) is 10.8. The van der Waals surface area contributed by atoms with Crippen molar-refractivity contribution < 1.29 is 14.8 Å². The summed E-state index contributed by atoms with van der Waals surface area (Å²) in [4.78, 5) is 22.4. The molecule has 0 aliphatic heterocycles. The normalized spacial score (nSPS) is 12.5. The third-order valence-corrected chi connectivity index (χ3v) is 4.84. The lowest BCUT2D eigenvalue weighted by Crippen LogP contribution is -2.20. The maximum absolute atomic E-state index is 11.4. The molecule has 1 aromatic carbocycles. The second kappa shape index (κ2) is 6.67. The van der Waals surface area contributed by atoms with Gasteiger partial charge in [0.25, 0.3) is 5.69 Å². The predicted molar refractivity (Wildman–Crippen MR) is 90.5 cm³/mol. The van der Waals surface area contributed by atoms with Crippen LogP contribution in [0.4, 0.5) is 5.69 Å². The number of halogens is 1. The molecule has 0 saturated carbocycles. The Hall–Kier alpha value is -1.93. The molecule has 8 heteroatoms. The Balaban J connectivity index is 2.72. The summed E-state index contributed by atoms with van der Waals surface area (Å²) in [6, 6.07) is 3.08. The lowest BCUT2D eigenvalue weighted by Gasteiger charge is -2.11. The first-order valence-corrected chi connectivity index (χ1v) is 7.92. The molecule has 0 aliphatic rings. The van der Waals surface area contributed by atoms with Crippen LogP contribution in [-0.2, 0) is 18.3 Å². The van der Waals surface area contributed by atoms with E-state index in [-0.39, 0.29) is 18.7 Å². The minimum atomic E-state index is -0.940. The van der Waals surface area contributed by atoms with Gasteiger partial charge in [0.1, 0.15) is 0 Å². The molecule has 0 saturated heterocycles. The molecule has 1 aromatic heterocycles. The number of nitrogens with two attached hydrogens (primary N) is 1. The van der Waals surface area contributed by atoms with Gasteiger partial charge >= 0.3 is 5.97 Å². The summed E-state index contributed by atoms with van der Waals surface area (Å²) in [5.74, 6) is -1.60. The van der Waals surface area contributed by atoms with Crippen molar-refractivity contribution in [1.82, 2.24) is 4.57 Å². The Morgan fingerprint density at radius 3 is 2.70 bits per heavy atom. The highest BCUT2D eigenvalue weighted by atomic mass is 79.9. The standard InChI is InChI=1S/C15H18BrN3O4/c1-8-10(7-9(5-6-17)15(20)21)13-12(19(22)23)4-3-11(16)14(13)18(8)2/h3-4,9H,5-7,17H2,1-2H3,(H,20,21). The Labute approximate surface area is 141 Å². The van der Waals surface area contributed by atoms with Crippen LogP contribution in [0.15, 0.2) is 16.6 Å². The van der Waals surface area contributed by atoms with E-state index in [4.69, 9.17) is 5.73 Å². The molecular formula is C15H18BrN3O4. The van der Waals surface area contributed by atoms with Crippen molar-refractivity contribution in [2.45, 2.75) is 19.8 Å². The number of rotatable bonds is 6. The first kappa shape index (κ1) is 17.4. The maximum atomic E-state index is 11.4. The van der Waals surface area contributed by atoms with Gasteiger partial charge in [0.2, 0.25) is 0 Å². The molecule has 0 radical (unpaired) electrons. The molecule has 124 valence electrons. The fourth-order valence-corrected chi connectivity index (χ4v) is 3.49. The summed E-state index contributed by atoms with van der Waals surface area (Å²) >= 11 is 3.42. The lowest BCUT2D eigenvalue weighted by atomic mass is 9.94. The van der Waals surface area contributed by atoms with Crippen molar-refractivity contribution in [3.8, 4) is 0 Å². The van der Waals surface area contributed by atoms with Gasteiger partial charge in [-0.05, 0) is 53.9 Å². The van der Waals surface area contributed by atoms with Crippen LogP contribution in [0.5, 0.6) is 0 Å². The van der Waals surface area contributed by atoms with E-state index in [0.29, 0.717) is 22.9 Å². The molecule has 1 atom stereocenters. The molecule has 0 spiro atoms. The van der Waals surface area contributed by atoms with Gasteiger partial charge in [-0.25, -0.2) is 0 Å². The van der Waals surface area contributed by atoms with E-state index in [9.17, 15) is 20.0 Å². The Morgan fingerprint density at radius 1 is 1.52 bits per heavy atom. The Kier molecular flexibility index (Phi) is 5.06. The summed E-state index contributed by atoms with van der Waals surface area (Å²) < 4.78 is 2.59. The number of nitrogens with zero attached hydrogens (tertiary/aromatic N) is 2. The van der Waals surface area contributed by atoms with Gasteiger partial charge in [-0.2, -0.15) is 0 Å². The van der Waals surface area contributed by atoms with E-state index in [1.165, 1.54) is 6.07 Å². The average molecular weight is 384 g/mol. The van der Waals surface area contributed by atoms with Crippen LogP contribution in [0.25, 0.3) is 10.9 Å². The molecule has 2 aromatic rings. The van der Waals surface area contributed by atoms with Crippen LogP contribution in [0.1, 0.15) is 17.7 Å². The van der Waals surface area contributed by atoms with Gasteiger partial charge in [0, 0.05) is 23.3 Å². The van der Waals surface area contributed by atoms with Gasteiger partial charge in [-0.3, -0.25) is 14.9 Å². The van der Waals surface area contributed by atoms with Crippen molar-refractivity contribution in [3.63, 3.8) is 0 Å². The van der Waals surface area contributed by atoms with Crippen LogP contribution in [0, 0.1) is 23.0 Å². The first-order valence-electron chi connectivity index (χ1n) is 7.13.